The average molecular weight is 287 g/mol. The molecule has 2 rings (SSSR count). The van der Waals surface area contributed by atoms with Crippen molar-refractivity contribution < 1.29 is 14.3 Å². The number of rotatable bonds is 5. The third kappa shape index (κ3) is 4.18. The number of amides is 1. The average Bonchev–Trinajstić information content (AvgIpc) is 2.37. The summed E-state index contributed by atoms with van der Waals surface area (Å²) in [4.78, 5) is 25.9. The first-order chi connectivity index (χ1) is 10.1. The van der Waals surface area contributed by atoms with Gasteiger partial charge in [0.2, 0.25) is 0 Å². The second-order valence-electron chi connectivity index (χ2n) is 5.37. The fourth-order valence-electron chi connectivity index (χ4n) is 2.13. The molecule has 0 N–H and O–H groups in total. The van der Waals surface area contributed by atoms with Gasteiger partial charge in [0.15, 0.2) is 0 Å². The number of esters is 1. The molecule has 1 amide bonds. The molecule has 4 nitrogen and oxygen atoms in total. The van der Waals surface area contributed by atoms with Crippen molar-refractivity contribution in [2.45, 2.75) is 32.8 Å². The van der Waals surface area contributed by atoms with Gasteiger partial charge >= 0.3 is 5.97 Å². The van der Waals surface area contributed by atoms with Crippen molar-refractivity contribution in [3.05, 3.63) is 42.0 Å². The summed E-state index contributed by atoms with van der Waals surface area (Å²) < 4.78 is 5.11. The van der Waals surface area contributed by atoms with Gasteiger partial charge in [-0.15, -0.1) is 0 Å². The van der Waals surface area contributed by atoms with E-state index >= 15 is 0 Å². The molecule has 0 aromatic heterocycles. The third-order valence-electron chi connectivity index (χ3n) is 3.30. The lowest BCUT2D eigenvalue weighted by Crippen LogP contribution is -2.42. The van der Waals surface area contributed by atoms with E-state index in [0.717, 1.165) is 25.1 Å². The topological polar surface area (TPSA) is 46.6 Å². The summed E-state index contributed by atoms with van der Waals surface area (Å²) in [5, 5.41) is 0. The van der Waals surface area contributed by atoms with Crippen molar-refractivity contribution in [3.8, 4) is 0 Å². The van der Waals surface area contributed by atoms with E-state index in [1.165, 1.54) is 0 Å². The summed E-state index contributed by atoms with van der Waals surface area (Å²) in [5.41, 5.74) is 1.42. The van der Waals surface area contributed by atoms with Crippen LogP contribution in [0.4, 0.5) is 0 Å². The molecular weight excluding hydrogens is 266 g/mol. The van der Waals surface area contributed by atoms with Crippen LogP contribution in [-0.4, -0.2) is 36.0 Å². The zero-order valence-corrected chi connectivity index (χ0v) is 12.5. The van der Waals surface area contributed by atoms with Crippen LogP contribution in [0.25, 0.3) is 5.57 Å². The Hall–Kier alpha value is -2.10. The van der Waals surface area contributed by atoms with Crippen molar-refractivity contribution in [3.63, 3.8) is 0 Å². The molecule has 21 heavy (non-hydrogen) atoms. The largest absolute Gasteiger partial charge is 0.463 e. The first-order valence-electron chi connectivity index (χ1n) is 7.32. The van der Waals surface area contributed by atoms with E-state index in [4.69, 9.17) is 4.74 Å². The van der Waals surface area contributed by atoms with Crippen molar-refractivity contribution in [2.24, 2.45) is 0 Å². The van der Waals surface area contributed by atoms with Crippen LogP contribution in [0.2, 0.25) is 0 Å². The zero-order chi connectivity index (χ0) is 15.2. The number of nitrogens with zero attached hydrogens (tertiary/aromatic N) is 1. The molecule has 0 saturated carbocycles. The Kier molecular flexibility index (Phi) is 5.14. The highest BCUT2D eigenvalue weighted by molar-refractivity contribution is 6.19. The van der Waals surface area contributed by atoms with Crippen LogP contribution in [0.3, 0.4) is 0 Å². The zero-order valence-electron chi connectivity index (χ0n) is 12.5. The van der Waals surface area contributed by atoms with Gasteiger partial charge in [0.1, 0.15) is 0 Å². The smallest absolute Gasteiger partial charge is 0.309 e. The maximum atomic E-state index is 12.5. The lowest BCUT2D eigenvalue weighted by atomic mass is 10.0. The Balaban J connectivity index is 2.15. The molecule has 0 bridgehead atoms. The summed E-state index contributed by atoms with van der Waals surface area (Å²) in [6.45, 7) is 5.20. The highest BCUT2D eigenvalue weighted by Gasteiger charge is 2.24. The van der Waals surface area contributed by atoms with Gasteiger partial charge in [0.25, 0.3) is 5.91 Å². The van der Waals surface area contributed by atoms with Crippen LogP contribution in [0.1, 0.15) is 32.3 Å². The SMILES string of the molecule is CC(C)OC(=O)CC=C(C(=O)N1CCC1)c1ccccc1. The molecule has 0 atom stereocenters. The lowest BCUT2D eigenvalue weighted by molar-refractivity contribution is -0.146. The third-order valence-corrected chi connectivity index (χ3v) is 3.30. The number of hydrogen-bond donors (Lipinski definition) is 0. The number of ether oxygens (including phenoxy) is 1. The van der Waals surface area contributed by atoms with E-state index < -0.39 is 0 Å². The summed E-state index contributed by atoms with van der Waals surface area (Å²) in [6.07, 6.45) is 2.70. The Morgan fingerprint density at radius 3 is 2.43 bits per heavy atom. The van der Waals surface area contributed by atoms with Gasteiger partial charge in [-0.1, -0.05) is 36.4 Å². The van der Waals surface area contributed by atoms with E-state index in [1.807, 2.05) is 44.2 Å². The molecule has 0 spiro atoms. The van der Waals surface area contributed by atoms with Crippen LogP contribution in [-0.2, 0) is 14.3 Å². The Labute approximate surface area is 125 Å². The molecule has 4 heteroatoms. The van der Waals surface area contributed by atoms with E-state index in [9.17, 15) is 9.59 Å². The van der Waals surface area contributed by atoms with Gasteiger partial charge in [-0.25, -0.2) is 0 Å². The van der Waals surface area contributed by atoms with Gasteiger partial charge in [-0.3, -0.25) is 9.59 Å². The van der Waals surface area contributed by atoms with Crippen LogP contribution in [0, 0.1) is 0 Å². The summed E-state index contributed by atoms with van der Waals surface area (Å²) in [7, 11) is 0. The summed E-state index contributed by atoms with van der Waals surface area (Å²) in [5.74, 6) is -0.320. The van der Waals surface area contributed by atoms with Crippen LogP contribution >= 0.6 is 0 Å². The molecule has 1 aliphatic rings. The van der Waals surface area contributed by atoms with Crippen LogP contribution in [0.5, 0.6) is 0 Å². The van der Waals surface area contributed by atoms with Gasteiger partial charge in [0.05, 0.1) is 12.5 Å². The molecule has 1 fully saturated rings. The van der Waals surface area contributed by atoms with Crippen molar-refractivity contribution in [1.82, 2.24) is 4.90 Å². The minimum Gasteiger partial charge on any atom is -0.463 e. The predicted molar refractivity (Wildman–Crippen MR) is 81.5 cm³/mol. The predicted octanol–water partition coefficient (Wildman–Crippen LogP) is 2.64. The van der Waals surface area contributed by atoms with Gasteiger partial charge in [-0.2, -0.15) is 0 Å². The van der Waals surface area contributed by atoms with Crippen LogP contribution < -0.4 is 0 Å². The molecule has 0 unspecified atom stereocenters. The standard InChI is InChI=1S/C17H21NO3/c1-13(2)21-16(19)10-9-15(14-7-4-3-5-8-14)17(20)18-11-6-12-18/h3-5,7-9,13H,6,10-12H2,1-2H3. The maximum absolute atomic E-state index is 12.5. The molecule has 1 aromatic carbocycles. The fourth-order valence-corrected chi connectivity index (χ4v) is 2.13. The highest BCUT2D eigenvalue weighted by Crippen LogP contribution is 2.21. The van der Waals surface area contributed by atoms with E-state index in [0.29, 0.717) is 5.57 Å². The molecule has 0 aliphatic carbocycles. The van der Waals surface area contributed by atoms with Crippen molar-refractivity contribution >= 4 is 17.4 Å². The monoisotopic (exact) mass is 287 g/mol. The number of carbonyl (C=O) groups is 2. The molecule has 112 valence electrons. The normalized spacial score (nSPS) is 14.8. The summed E-state index contributed by atoms with van der Waals surface area (Å²) in [6, 6.07) is 9.45. The summed E-state index contributed by atoms with van der Waals surface area (Å²) >= 11 is 0. The molecule has 1 saturated heterocycles. The van der Waals surface area contributed by atoms with Crippen molar-refractivity contribution in [1.29, 1.82) is 0 Å². The van der Waals surface area contributed by atoms with E-state index in [-0.39, 0.29) is 24.4 Å². The Bertz CT molecular complexity index is 530. The number of carbonyl (C=O) groups excluding carboxylic acids is 2. The lowest BCUT2D eigenvalue weighted by Gasteiger charge is -2.31. The van der Waals surface area contributed by atoms with E-state index in [1.54, 1.807) is 11.0 Å². The second-order valence-corrected chi connectivity index (χ2v) is 5.37. The Morgan fingerprint density at radius 1 is 1.24 bits per heavy atom. The molecule has 0 radical (unpaired) electrons. The van der Waals surface area contributed by atoms with Crippen molar-refractivity contribution in [2.75, 3.05) is 13.1 Å². The highest BCUT2D eigenvalue weighted by atomic mass is 16.5. The number of benzene rings is 1. The quantitative estimate of drug-likeness (QED) is 0.618. The fraction of sp³-hybridized carbons (Fsp3) is 0.412. The first kappa shape index (κ1) is 15.3. The van der Waals surface area contributed by atoms with Gasteiger partial charge in [0, 0.05) is 18.7 Å². The molecule has 1 heterocycles. The minimum atomic E-state index is -0.310. The Morgan fingerprint density at radius 2 is 1.90 bits per heavy atom. The first-order valence-corrected chi connectivity index (χ1v) is 7.32. The second kappa shape index (κ2) is 7.07. The van der Waals surface area contributed by atoms with Crippen LogP contribution in [0.15, 0.2) is 36.4 Å². The number of hydrogen-bond acceptors (Lipinski definition) is 3. The van der Waals surface area contributed by atoms with E-state index in [2.05, 4.69) is 0 Å². The maximum Gasteiger partial charge on any atom is 0.309 e. The van der Waals surface area contributed by atoms with Gasteiger partial charge in [-0.05, 0) is 25.8 Å². The number of likely N-dealkylation sites (tertiary alicyclic amines) is 1. The molecule has 1 aliphatic heterocycles. The minimum absolute atomic E-state index is 0.00945. The molecular formula is C17H21NO3. The molecule has 1 aromatic rings. The van der Waals surface area contributed by atoms with Gasteiger partial charge < -0.3 is 9.64 Å².